The van der Waals surface area contributed by atoms with Crippen molar-refractivity contribution in [1.82, 2.24) is 19.9 Å². The highest BCUT2D eigenvalue weighted by atomic mass is 15.1. The first-order valence-corrected chi connectivity index (χ1v) is 7.42. The Morgan fingerprint density at radius 1 is 1.05 bits per heavy atom. The average molecular weight is 280 g/mol. The van der Waals surface area contributed by atoms with Gasteiger partial charge in [0.05, 0.1) is 12.1 Å². The maximum absolute atomic E-state index is 4.48. The fraction of sp³-hybridized carbons (Fsp3) is 0.294. The third kappa shape index (κ3) is 3.11. The van der Waals surface area contributed by atoms with E-state index in [1.165, 1.54) is 10.9 Å². The standard InChI is InChI=1S/C17H20N4/c1-2-10-21-11-9-19-16(21)13-18-12-15-6-3-5-14-7-4-8-20-17(14)15/h3-9,11,18H,2,10,12-13H2,1H3. The predicted octanol–water partition coefficient (Wildman–Crippen LogP) is 3.13. The molecule has 4 nitrogen and oxygen atoms in total. The zero-order chi connectivity index (χ0) is 14.5. The lowest BCUT2D eigenvalue weighted by Gasteiger charge is -2.09. The maximum atomic E-state index is 4.48. The van der Waals surface area contributed by atoms with Crippen molar-refractivity contribution in [3.8, 4) is 0 Å². The van der Waals surface area contributed by atoms with Gasteiger partial charge in [-0.3, -0.25) is 4.98 Å². The van der Waals surface area contributed by atoms with Gasteiger partial charge >= 0.3 is 0 Å². The summed E-state index contributed by atoms with van der Waals surface area (Å²) in [5.41, 5.74) is 2.30. The minimum atomic E-state index is 0.774. The zero-order valence-corrected chi connectivity index (χ0v) is 12.3. The number of imidazole rings is 1. The van der Waals surface area contributed by atoms with E-state index < -0.39 is 0 Å². The minimum absolute atomic E-state index is 0.774. The molecule has 3 rings (SSSR count). The summed E-state index contributed by atoms with van der Waals surface area (Å²) in [4.78, 5) is 8.90. The first-order valence-electron chi connectivity index (χ1n) is 7.42. The molecule has 0 bridgehead atoms. The van der Waals surface area contributed by atoms with E-state index in [-0.39, 0.29) is 0 Å². The number of pyridine rings is 1. The van der Waals surface area contributed by atoms with Crippen LogP contribution in [0.5, 0.6) is 0 Å². The van der Waals surface area contributed by atoms with Crippen LogP contribution in [0, 0.1) is 0 Å². The Morgan fingerprint density at radius 3 is 2.86 bits per heavy atom. The number of nitrogens with zero attached hydrogens (tertiary/aromatic N) is 3. The highest BCUT2D eigenvalue weighted by Gasteiger charge is 2.04. The Labute approximate surface area is 124 Å². The van der Waals surface area contributed by atoms with Crippen molar-refractivity contribution >= 4 is 10.9 Å². The van der Waals surface area contributed by atoms with Gasteiger partial charge in [0.25, 0.3) is 0 Å². The lowest BCUT2D eigenvalue weighted by atomic mass is 10.1. The molecular weight excluding hydrogens is 260 g/mol. The van der Waals surface area contributed by atoms with E-state index in [2.05, 4.69) is 51.0 Å². The van der Waals surface area contributed by atoms with Crippen LogP contribution in [-0.2, 0) is 19.6 Å². The molecule has 21 heavy (non-hydrogen) atoms. The SMILES string of the molecule is CCCn1ccnc1CNCc1cccc2cccnc12. The molecule has 1 N–H and O–H groups in total. The Bertz CT molecular complexity index is 712. The van der Waals surface area contributed by atoms with Gasteiger partial charge < -0.3 is 9.88 Å². The van der Waals surface area contributed by atoms with E-state index in [0.29, 0.717) is 0 Å². The normalized spacial score (nSPS) is 11.1. The van der Waals surface area contributed by atoms with E-state index in [9.17, 15) is 0 Å². The van der Waals surface area contributed by atoms with Gasteiger partial charge in [-0.25, -0.2) is 4.98 Å². The second kappa shape index (κ2) is 6.50. The second-order valence-corrected chi connectivity index (χ2v) is 5.13. The van der Waals surface area contributed by atoms with Crippen LogP contribution in [0.4, 0.5) is 0 Å². The lowest BCUT2D eigenvalue weighted by molar-refractivity contribution is 0.589. The highest BCUT2D eigenvalue weighted by Crippen LogP contribution is 2.15. The number of hydrogen-bond acceptors (Lipinski definition) is 3. The quantitative estimate of drug-likeness (QED) is 0.754. The molecule has 0 saturated carbocycles. The molecular formula is C17H20N4. The number of hydrogen-bond donors (Lipinski definition) is 1. The van der Waals surface area contributed by atoms with Crippen LogP contribution in [0.15, 0.2) is 48.9 Å². The number of nitrogens with one attached hydrogen (secondary N) is 1. The van der Waals surface area contributed by atoms with Crippen molar-refractivity contribution in [2.45, 2.75) is 33.0 Å². The number of benzene rings is 1. The number of aromatic nitrogens is 3. The van der Waals surface area contributed by atoms with Gasteiger partial charge in [-0.2, -0.15) is 0 Å². The monoisotopic (exact) mass is 280 g/mol. The Balaban J connectivity index is 1.68. The van der Waals surface area contributed by atoms with E-state index in [4.69, 9.17) is 0 Å². The molecule has 4 heteroatoms. The van der Waals surface area contributed by atoms with Crippen LogP contribution in [-0.4, -0.2) is 14.5 Å². The molecule has 0 fully saturated rings. The van der Waals surface area contributed by atoms with E-state index in [1.54, 1.807) is 0 Å². The van der Waals surface area contributed by atoms with E-state index in [1.807, 2.05) is 24.7 Å². The average Bonchev–Trinajstić information content (AvgIpc) is 2.95. The van der Waals surface area contributed by atoms with Crippen LogP contribution in [0.25, 0.3) is 10.9 Å². The van der Waals surface area contributed by atoms with Crippen molar-refractivity contribution in [3.05, 3.63) is 60.3 Å². The van der Waals surface area contributed by atoms with Gasteiger partial charge in [0.1, 0.15) is 5.82 Å². The van der Waals surface area contributed by atoms with Crippen molar-refractivity contribution in [3.63, 3.8) is 0 Å². The molecule has 0 radical (unpaired) electrons. The fourth-order valence-electron chi connectivity index (χ4n) is 2.57. The summed E-state index contributed by atoms with van der Waals surface area (Å²) in [6.45, 7) is 4.77. The molecule has 0 amide bonds. The molecule has 0 atom stereocenters. The predicted molar refractivity (Wildman–Crippen MR) is 84.8 cm³/mol. The largest absolute Gasteiger partial charge is 0.334 e. The second-order valence-electron chi connectivity index (χ2n) is 5.13. The molecule has 0 aliphatic rings. The summed E-state index contributed by atoms with van der Waals surface area (Å²) >= 11 is 0. The zero-order valence-electron chi connectivity index (χ0n) is 12.3. The van der Waals surface area contributed by atoms with Gasteiger partial charge in [-0.05, 0) is 18.1 Å². The summed E-state index contributed by atoms with van der Waals surface area (Å²) in [5.74, 6) is 1.09. The van der Waals surface area contributed by atoms with Crippen molar-refractivity contribution in [2.75, 3.05) is 0 Å². The van der Waals surface area contributed by atoms with Gasteiger partial charge in [0, 0.05) is 37.1 Å². The van der Waals surface area contributed by atoms with Crippen LogP contribution in [0.3, 0.4) is 0 Å². The first-order chi connectivity index (χ1) is 10.4. The summed E-state index contributed by atoms with van der Waals surface area (Å²) in [6.07, 6.45) is 6.88. The molecule has 0 aliphatic carbocycles. The summed E-state index contributed by atoms with van der Waals surface area (Å²) in [6, 6.07) is 10.4. The molecule has 1 aromatic carbocycles. The number of fused-ring (bicyclic) bond motifs is 1. The summed E-state index contributed by atoms with van der Waals surface area (Å²) < 4.78 is 2.20. The number of rotatable bonds is 6. The molecule has 3 aromatic rings. The molecule has 0 saturated heterocycles. The topological polar surface area (TPSA) is 42.7 Å². The highest BCUT2D eigenvalue weighted by molar-refractivity contribution is 5.81. The van der Waals surface area contributed by atoms with Crippen LogP contribution >= 0.6 is 0 Å². The van der Waals surface area contributed by atoms with Crippen molar-refractivity contribution < 1.29 is 0 Å². The Hall–Kier alpha value is -2.20. The van der Waals surface area contributed by atoms with Crippen LogP contribution in [0.2, 0.25) is 0 Å². The third-order valence-electron chi connectivity index (χ3n) is 3.58. The first kappa shape index (κ1) is 13.8. The molecule has 108 valence electrons. The van der Waals surface area contributed by atoms with Crippen molar-refractivity contribution in [1.29, 1.82) is 0 Å². The molecule has 0 aliphatic heterocycles. The lowest BCUT2D eigenvalue weighted by Crippen LogP contribution is -2.17. The summed E-state index contributed by atoms with van der Waals surface area (Å²) in [5, 5.41) is 4.66. The Kier molecular flexibility index (Phi) is 4.26. The van der Waals surface area contributed by atoms with Crippen LogP contribution in [0.1, 0.15) is 24.7 Å². The fourth-order valence-corrected chi connectivity index (χ4v) is 2.57. The van der Waals surface area contributed by atoms with Gasteiger partial charge in [0.2, 0.25) is 0 Å². The smallest absolute Gasteiger partial charge is 0.122 e. The van der Waals surface area contributed by atoms with Crippen LogP contribution < -0.4 is 5.32 Å². The number of aryl methyl sites for hydroxylation is 1. The maximum Gasteiger partial charge on any atom is 0.122 e. The van der Waals surface area contributed by atoms with Gasteiger partial charge in [-0.15, -0.1) is 0 Å². The molecule has 2 aromatic heterocycles. The molecule has 0 unspecified atom stereocenters. The third-order valence-corrected chi connectivity index (χ3v) is 3.58. The van der Waals surface area contributed by atoms with Crippen molar-refractivity contribution in [2.24, 2.45) is 0 Å². The van der Waals surface area contributed by atoms with E-state index in [0.717, 1.165) is 37.4 Å². The summed E-state index contributed by atoms with van der Waals surface area (Å²) in [7, 11) is 0. The molecule has 2 heterocycles. The van der Waals surface area contributed by atoms with E-state index >= 15 is 0 Å². The molecule has 0 spiro atoms. The Morgan fingerprint density at radius 2 is 1.95 bits per heavy atom. The van der Waals surface area contributed by atoms with Gasteiger partial charge in [-0.1, -0.05) is 31.2 Å². The number of para-hydroxylation sites is 1. The minimum Gasteiger partial charge on any atom is -0.334 e. The van der Waals surface area contributed by atoms with Gasteiger partial charge in [0.15, 0.2) is 0 Å².